The largest absolute Gasteiger partial charge is 0.327 e. The van der Waals surface area contributed by atoms with Crippen LogP contribution in [0.2, 0.25) is 0 Å². The fourth-order valence-corrected chi connectivity index (χ4v) is 4.71. The van der Waals surface area contributed by atoms with Crippen LogP contribution < -0.4 is 0 Å². The number of fused-ring (bicyclic) bond motifs is 2. The zero-order valence-corrected chi connectivity index (χ0v) is 19.3. The number of hydrogen-bond acceptors (Lipinski definition) is 3. The molecule has 0 spiro atoms. The summed E-state index contributed by atoms with van der Waals surface area (Å²) >= 11 is 0. The summed E-state index contributed by atoms with van der Waals surface area (Å²) in [5.74, 6) is -0.370. The molecule has 0 fully saturated rings. The molecule has 172 valence electrons. The zero-order valence-electron chi connectivity index (χ0n) is 19.3. The first kappa shape index (κ1) is 22.3. The van der Waals surface area contributed by atoms with Crippen molar-refractivity contribution in [1.29, 1.82) is 0 Å². The van der Waals surface area contributed by atoms with Gasteiger partial charge in [-0.25, -0.2) is 0 Å². The van der Waals surface area contributed by atoms with Crippen LogP contribution in [0.15, 0.2) is 109 Å². The standard InChI is InChI=1S/C30H24N2O3/c1-21(22-11-3-2-4-12-22)31(30(33)27-17-9-10-18-29(27)32(34)35)20-28-25-15-7-5-13-23(25)19-24-14-6-8-16-26(24)28/h2-19,21H,20H2,1H3/t21-/m0/s1. The Labute approximate surface area is 203 Å². The minimum Gasteiger partial charge on any atom is -0.327 e. The third-order valence-electron chi connectivity index (χ3n) is 6.55. The minimum absolute atomic E-state index is 0.0878. The minimum atomic E-state index is -0.494. The number of nitro benzene ring substituents is 1. The predicted molar refractivity (Wildman–Crippen MR) is 139 cm³/mol. The van der Waals surface area contributed by atoms with E-state index in [1.165, 1.54) is 12.1 Å². The molecule has 1 atom stereocenters. The van der Waals surface area contributed by atoms with E-state index in [-0.39, 0.29) is 23.2 Å². The van der Waals surface area contributed by atoms with Gasteiger partial charge in [-0.1, -0.05) is 91.0 Å². The van der Waals surface area contributed by atoms with Crippen LogP contribution in [-0.4, -0.2) is 15.7 Å². The monoisotopic (exact) mass is 460 g/mol. The number of para-hydroxylation sites is 1. The number of amides is 1. The quantitative estimate of drug-likeness (QED) is 0.152. The van der Waals surface area contributed by atoms with Gasteiger partial charge in [0.1, 0.15) is 5.56 Å². The van der Waals surface area contributed by atoms with Gasteiger partial charge in [-0.15, -0.1) is 0 Å². The van der Waals surface area contributed by atoms with Crippen molar-refractivity contribution in [3.8, 4) is 0 Å². The van der Waals surface area contributed by atoms with E-state index in [2.05, 4.69) is 30.3 Å². The van der Waals surface area contributed by atoms with E-state index in [0.717, 1.165) is 32.7 Å². The van der Waals surface area contributed by atoms with Gasteiger partial charge >= 0.3 is 0 Å². The van der Waals surface area contributed by atoms with E-state index < -0.39 is 4.92 Å². The number of benzene rings is 5. The average Bonchev–Trinajstić information content (AvgIpc) is 2.90. The third-order valence-corrected chi connectivity index (χ3v) is 6.55. The Kier molecular flexibility index (Phi) is 5.98. The van der Waals surface area contributed by atoms with E-state index in [0.29, 0.717) is 6.54 Å². The molecule has 0 bridgehead atoms. The number of nitro groups is 1. The second-order valence-corrected chi connectivity index (χ2v) is 8.59. The van der Waals surface area contributed by atoms with E-state index >= 15 is 0 Å². The van der Waals surface area contributed by atoms with Crippen LogP contribution in [0.4, 0.5) is 5.69 Å². The molecule has 0 aliphatic heterocycles. The molecule has 0 saturated heterocycles. The molecule has 5 aromatic rings. The van der Waals surface area contributed by atoms with E-state index in [1.54, 1.807) is 17.0 Å². The summed E-state index contributed by atoms with van der Waals surface area (Å²) in [6.07, 6.45) is 0. The molecule has 1 amide bonds. The van der Waals surface area contributed by atoms with E-state index in [4.69, 9.17) is 0 Å². The number of carbonyl (C=O) groups excluding carboxylic acids is 1. The van der Waals surface area contributed by atoms with Crippen LogP contribution in [0.3, 0.4) is 0 Å². The zero-order chi connectivity index (χ0) is 24.4. The molecule has 5 nitrogen and oxygen atoms in total. The second-order valence-electron chi connectivity index (χ2n) is 8.59. The van der Waals surface area contributed by atoms with Gasteiger partial charge in [-0.05, 0) is 51.7 Å². The molecule has 35 heavy (non-hydrogen) atoms. The topological polar surface area (TPSA) is 63.5 Å². The second kappa shape index (κ2) is 9.39. The van der Waals surface area contributed by atoms with Gasteiger partial charge in [-0.2, -0.15) is 0 Å². The number of rotatable bonds is 6. The van der Waals surface area contributed by atoms with Gasteiger partial charge in [0.2, 0.25) is 0 Å². The molecule has 0 unspecified atom stereocenters. The molecule has 0 aliphatic rings. The van der Waals surface area contributed by atoms with Crippen molar-refractivity contribution in [2.45, 2.75) is 19.5 Å². The van der Waals surface area contributed by atoms with Gasteiger partial charge in [-0.3, -0.25) is 14.9 Å². The lowest BCUT2D eigenvalue weighted by Crippen LogP contribution is -2.33. The van der Waals surface area contributed by atoms with Gasteiger partial charge in [0.05, 0.1) is 11.0 Å². The molecule has 0 aromatic heterocycles. The van der Waals surface area contributed by atoms with Crippen molar-refractivity contribution in [3.05, 3.63) is 136 Å². The van der Waals surface area contributed by atoms with Gasteiger partial charge in [0, 0.05) is 12.6 Å². The van der Waals surface area contributed by atoms with Crippen molar-refractivity contribution in [3.63, 3.8) is 0 Å². The lowest BCUT2D eigenvalue weighted by atomic mass is 9.95. The molecule has 5 rings (SSSR count). The van der Waals surface area contributed by atoms with Gasteiger partial charge < -0.3 is 4.90 Å². The molecular formula is C30H24N2O3. The van der Waals surface area contributed by atoms with E-state index in [9.17, 15) is 14.9 Å². The maximum absolute atomic E-state index is 14.0. The first-order valence-electron chi connectivity index (χ1n) is 11.5. The van der Waals surface area contributed by atoms with Crippen molar-refractivity contribution in [1.82, 2.24) is 4.90 Å². The molecule has 0 aliphatic carbocycles. The highest BCUT2D eigenvalue weighted by atomic mass is 16.6. The Morgan fingerprint density at radius 1 is 0.800 bits per heavy atom. The molecule has 0 heterocycles. The SMILES string of the molecule is C[C@@H](c1ccccc1)N(Cc1c2ccccc2cc2ccccc12)C(=O)c1ccccc1[N+](=O)[O-]. The molecule has 0 radical (unpaired) electrons. The molecule has 5 heteroatoms. The van der Waals surface area contributed by atoms with Gasteiger partial charge in [0.15, 0.2) is 0 Å². The summed E-state index contributed by atoms with van der Waals surface area (Å²) in [4.78, 5) is 27.0. The summed E-state index contributed by atoms with van der Waals surface area (Å²) in [5.41, 5.74) is 1.88. The van der Waals surface area contributed by atoms with Crippen LogP contribution in [0.1, 0.15) is 34.5 Å². The lowest BCUT2D eigenvalue weighted by Gasteiger charge is -2.31. The fourth-order valence-electron chi connectivity index (χ4n) is 4.71. The number of hydrogen-bond donors (Lipinski definition) is 0. The fraction of sp³-hybridized carbons (Fsp3) is 0.100. The van der Waals surface area contributed by atoms with Crippen molar-refractivity contribution in [2.75, 3.05) is 0 Å². The first-order valence-corrected chi connectivity index (χ1v) is 11.5. The van der Waals surface area contributed by atoms with Crippen LogP contribution in [-0.2, 0) is 6.54 Å². The Morgan fingerprint density at radius 2 is 1.34 bits per heavy atom. The Bertz CT molecular complexity index is 1490. The smallest absolute Gasteiger partial charge is 0.282 e. The highest BCUT2D eigenvalue weighted by Gasteiger charge is 2.29. The number of nitrogens with zero attached hydrogens (tertiary/aromatic N) is 2. The van der Waals surface area contributed by atoms with Crippen molar-refractivity contribution >= 4 is 33.1 Å². The maximum atomic E-state index is 14.0. The average molecular weight is 461 g/mol. The summed E-state index contributed by atoms with van der Waals surface area (Å²) in [6.45, 7) is 2.28. The Balaban J connectivity index is 1.70. The maximum Gasteiger partial charge on any atom is 0.282 e. The summed E-state index contributed by atoms with van der Waals surface area (Å²) in [6, 6.07) is 34.0. The van der Waals surface area contributed by atoms with Gasteiger partial charge in [0.25, 0.3) is 11.6 Å². The predicted octanol–water partition coefficient (Wildman–Crippen LogP) is 7.30. The van der Waals surface area contributed by atoms with Crippen LogP contribution >= 0.6 is 0 Å². The summed E-state index contributed by atoms with van der Waals surface area (Å²) in [5, 5.41) is 16.0. The lowest BCUT2D eigenvalue weighted by molar-refractivity contribution is -0.385. The third kappa shape index (κ3) is 4.24. The normalized spacial score (nSPS) is 11.9. The first-order chi connectivity index (χ1) is 17.0. The highest BCUT2D eigenvalue weighted by Crippen LogP contribution is 2.33. The molecule has 0 N–H and O–H groups in total. The van der Waals surface area contributed by atoms with Crippen LogP contribution in [0, 0.1) is 10.1 Å². The summed E-state index contributed by atoms with van der Waals surface area (Å²) < 4.78 is 0. The van der Waals surface area contributed by atoms with E-state index in [1.807, 2.05) is 61.5 Å². The highest BCUT2D eigenvalue weighted by molar-refractivity contribution is 6.03. The van der Waals surface area contributed by atoms with Crippen molar-refractivity contribution in [2.24, 2.45) is 0 Å². The van der Waals surface area contributed by atoms with Crippen LogP contribution in [0.5, 0.6) is 0 Å². The molecule has 0 saturated carbocycles. The summed E-state index contributed by atoms with van der Waals surface area (Å²) in [7, 11) is 0. The molecule has 5 aromatic carbocycles. The molecular weight excluding hydrogens is 436 g/mol. The van der Waals surface area contributed by atoms with Crippen molar-refractivity contribution < 1.29 is 9.72 Å². The Morgan fingerprint density at radius 3 is 1.97 bits per heavy atom. The number of carbonyl (C=O) groups is 1. The van der Waals surface area contributed by atoms with Crippen LogP contribution in [0.25, 0.3) is 21.5 Å². The Hall–Kier alpha value is -4.51.